The van der Waals surface area contributed by atoms with Gasteiger partial charge in [0.1, 0.15) is 5.82 Å². The molecule has 1 aliphatic rings. The lowest BCUT2D eigenvalue weighted by Gasteiger charge is -2.29. The molecule has 3 unspecified atom stereocenters. The summed E-state index contributed by atoms with van der Waals surface area (Å²) in [4.78, 5) is 0.361. The molecule has 3 atom stereocenters. The van der Waals surface area contributed by atoms with Crippen molar-refractivity contribution in [3.8, 4) is 0 Å². The molecule has 4 heteroatoms. The Morgan fingerprint density at radius 1 is 1.39 bits per heavy atom. The number of hydrogen-bond acceptors (Lipinski definition) is 2. The molecule has 0 saturated heterocycles. The van der Waals surface area contributed by atoms with Crippen molar-refractivity contribution < 1.29 is 8.60 Å². The minimum Gasteiger partial charge on any atom is -0.314 e. The van der Waals surface area contributed by atoms with Crippen molar-refractivity contribution in [3.05, 3.63) is 30.1 Å². The zero-order chi connectivity index (χ0) is 13.0. The average molecular weight is 269 g/mol. The molecule has 1 saturated carbocycles. The van der Waals surface area contributed by atoms with Crippen LogP contribution in [-0.4, -0.2) is 22.0 Å². The fourth-order valence-corrected chi connectivity index (χ4v) is 4.22. The van der Waals surface area contributed by atoms with Gasteiger partial charge < -0.3 is 5.32 Å². The van der Waals surface area contributed by atoms with Crippen molar-refractivity contribution in [2.45, 2.75) is 48.8 Å². The zero-order valence-electron chi connectivity index (χ0n) is 10.7. The minimum absolute atomic E-state index is 0.0831. The van der Waals surface area contributed by atoms with E-state index in [2.05, 4.69) is 12.2 Å². The Morgan fingerprint density at radius 3 is 2.89 bits per heavy atom. The molecule has 0 aliphatic heterocycles. The molecule has 0 spiro atoms. The predicted molar refractivity (Wildman–Crippen MR) is 72.5 cm³/mol. The first-order chi connectivity index (χ1) is 8.72. The maximum atomic E-state index is 13.6. The maximum Gasteiger partial charge on any atom is 0.139 e. The van der Waals surface area contributed by atoms with Crippen molar-refractivity contribution in [3.63, 3.8) is 0 Å². The number of benzene rings is 1. The van der Waals surface area contributed by atoms with E-state index in [9.17, 15) is 8.60 Å². The predicted octanol–water partition coefficient (Wildman–Crippen LogP) is 2.85. The summed E-state index contributed by atoms with van der Waals surface area (Å²) in [5, 5.41) is 3.49. The Bertz CT molecular complexity index is 422. The molecule has 18 heavy (non-hydrogen) atoms. The molecule has 0 heterocycles. The van der Waals surface area contributed by atoms with Gasteiger partial charge in [-0.3, -0.25) is 4.21 Å². The Labute approximate surface area is 110 Å². The molecule has 100 valence electrons. The Kier molecular flexibility index (Phi) is 4.89. The second-order valence-electron chi connectivity index (χ2n) is 4.77. The molecule has 1 aromatic carbocycles. The Balaban J connectivity index is 2.07. The first-order valence-corrected chi connectivity index (χ1v) is 7.82. The van der Waals surface area contributed by atoms with E-state index in [1.807, 2.05) is 0 Å². The van der Waals surface area contributed by atoms with E-state index < -0.39 is 10.8 Å². The fourth-order valence-electron chi connectivity index (χ4n) is 2.60. The van der Waals surface area contributed by atoms with E-state index in [4.69, 9.17) is 0 Å². The summed E-state index contributed by atoms with van der Waals surface area (Å²) in [5.41, 5.74) is 0. The summed E-state index contributed by atoms with van der Waals surface area (Å²) in [6, 6.07) is 6.85. The van der Waals surface area contributed by atoms with Crippen LogP contribution in [0, 0.1) is 5.82 Å². The van der Waals surface area contributed by atoms with Crippen molar-refractivity contribution in [1.29, 1.82) is 0 Å². The van der Waals surface area contributed by atoms with Crippen molar-refractivity contribution >= 4 is 10.8 Å². The van der Waals surface area contributed by atoms with E-state index in [1.54, 1.807) is 18.2 Å². The van der Waals surface area contributed by atoms with Gasteiger partial charge >= 0.3 is 0 Å². The van der Waals surface area contributed by atoms with Crippen LogP contribution in [0.15, 0.2) is 29.2 Å². The van der Waals surface area contributed by atoms with E-state index in [-0.39, 0.29) is 11.1 Å². The second kappa shape index (κ2) is 6.43. The molecular formula is C14H20FNOS. The van der Waals surface area contributed by atoms with Crippen LogP contribution in [0.25, 0.3) is 0 Å². The van der Waals surface area contributed by atoms with Crippen molar-refractivity contribution in [1.82, 2.24) is 5.32 Å². The summed E-state index contributed by atoms with van der Waals surface area (Å²) in [5.74, 6) is -0.346. The highest BCUT2D eigenvalue weighted by molar-refractivity contribution is 7.85. The van der Waals surface area contributed by atoms with E-state index in [0.717, 1.165) is 32.2 Å². The monoisotopic (exact) mass is 269 g/mol. The van der Waals surface area contributed by atoms with Crippen molar-refractivity contribution in [2.24, 2.45) is 0 Å². The van der Waals surface area contributed by atoms with Gasteiger partial charge in [0.25, 0.3) is 0 Å². The fraction of sp³-hybridized carbons (Fsp3) is 0.571. The van der Waals surface area contributed by atoms with Gasteiger partial charge in [-0.2, -0.15) is 0 Å². The van der Waals surface area contributed by atoms with Crippen LogP contribution in [0.5, 0.6) is 0 Å². The summed E-state index contributed by atoms with van der Waals surface area (Å²) < 4.78 is 26.0. The molecule has 1 fully saturated rings. The van der Waals surface area contributed by atoms with Gasteiger partial charge in [-0.15, -0.1) is 0 Å². The molecular weight excluding hydrogens is 249 g/mol. The molecule has 0 amide bonds. The summed E-state index contributed by atoms with van der Waals surface area (Å²) in [6.45, 7) is 3.02. The number of rotatable bonds is 4. The number of hydrogen-bond donors (Lipinski definition) is 1. The summed E-state index contributed by atoms with van der Waals surface area (Å²) in [6.07, 6.45) is 4.03. The molecule has 0 radical (unpaired) electrons. The SMILES string of the molecule is CCNC1CCCC(S(=O)c2ccccc2F)C1. The summed E-state index contributed by atoms with van der Waals surface area (Å²) >= 11 is 0. The van der Waals surface area contributed by atoms with E-state index in [0.29, 0.717) is 10.9 Å². The lowest BCUT2D eigenvalue weighted by molar-refractivity contribution is 0.383. The molecule has 1 aromatic rings. The highest BCUT2D eigenvalue weighted by Gasteiger charge is 2.27. The maximum absolute atomic E-state index is 13.6. The van der Waals surface area contributed by atoms with Gasteiger partial charge in [0.15, 0.2) is 0 Å². The number of halogens is 1. The third kappa shape index (κ3) is 3.18. The topological polar surface area (TPSA) is 29.1 Å². The van der Waals surface area contributed by atoms with Crippen LogP contribution >= 0.6 is 0 Å². The summed E-state index contributed by atoms with van der Waals surface area (Å²) in [7, 11) is -1.22. The Morgan fingerprint density at radius 2 is 2.17 bits per heavy atom. The molecule has 0 bridgehead atoms. The van der Waals surface area contributed by atoms with Crippen LogP contribution in [-0.2, 0) is 10.8 Å². The van der Waals surface area contributed by atoms with Gasteiger partial charge in [0, 0.05) is 11.3 Å². The molecule has 0 aromatic heterocycles. The van der Waals surface area contributed by atoms with E-state index >= 15 is 0 Å². The Hall–Kier alpha value is -0.740. The smallest absolute Gasteiger partial charge is 0.139 e. The standard InChI is InChI=1S/C14H20FNOS/c1-2-16-11-6-5-7-12(10-11)18(17)14-9-4-3-8-13(14)15/h3-4,8-9,11-12,16H,2,5-7,10H2,1H3. The first kappa shape index (κ1) is 13.7. The highest BCUT2D eigenvalue weighted by atomic mass is 32.2. The van der Waals surface area contributed by atoms with Gasteiger partial charge in [-0.05, 0) is 37.9 Å². The molecule has 1 aliphatic carbocycles. The second-order valence-corrected chi connectivity index (χ2v) is 6.47. The molecule has 1 N–H and O–H groups in total. The molecule has 2 nitrogen and oxygen atoms in total. The van der Waals surface area contributed by atoms with Gasteiger partial charge in [0.05, 0.1) is 15.7 Å². The van der Waals surface area contributed by atoms with Crippen LogP contribution in [0.1, 0.15) is 32.6 Å². The third-order valence-electron chi connectivity index (χ3n) is 3.48. The highest BCUT2D eigenvalue weighted by Crippen LogP contribution is 2.27. The average Bonchev–Trinajstić information content (AvgIpc) is 2.39. The van der Waals surface area contributed by atoms with Crippen LogP contribution in [0.4, 0.5) is 4.39 Å². The molecule has 2 rings (SSSR count). The van der Waals surface area contributed by atoms with Gasteiger partial charge in [-0.25, -0.2) is 4.39 Å². The van der Waals surface area contributed by atoms with Crippen LogP contribution in [0.3, 0.4) is 0 Å². The lowest BCUT2D eigenvalue weighted by atomic mass is 9.95. The third-order valence-corrected chi connectivity index (χ3v) is 5.27. The largest absolute Gasteiger partial charge is 0.314 e. The minimum atomic E-state index is -1.22. The normalized spacial score (nSPS) is 25.9. The zero-order valence-corrected chi connectivity index (χ0v) is 11.5. The van der Waals surface area contributed by atoms with Crippen LogP contribution in [0.2, 0.25) is 0 Å². The van der Waals surface area contributed by atoms with Gasteiger partial charge in [0.2, 0.25) is 0 Å². The first-order valence-electron chi connectivity index (χ1n) is 6.61. The quantitative estimate of drug-likeness (QED) is 0.910. The van der Waals surface area contributed by atoms with E-state index in [1.165, 1.54) is 6.07 Å². The number of nitrogens with one attached hydrogen (secondary N) is 1. The van der Waals surface area contributed by atoms with Crippen LogP contribution < -0.4 is 5.32 Å². The van der Waals surface area contributed by atoms with Gasteiger partial charge in [-0.1, -0.05) is 25.5 Å². The lowest BCUT2D eigenvalue weighted by Crippen LogP contribution is -2.37. The van der Waals surface area contributed by atoms with Crippen molar-refractivity contribution in [2.75, 3.05) is 6.54 Å².